The fourth-order valence-corrected chi connectivity index (χ4v) is 3.98. The summed E-state index contributed by atoms with van der Waals surface area (Å²) in [6, 6.07) is 13.0. The van der Waals surface area contributed by atoms with Gasteiger partial charge in [0.1, 0.15) is 11.6 Å². The lowest BCUT2D eigenvalue weighted by Crippen LogP contribution is -2.01. The number of hydrogen-bond donors (Lipinski definition) is 1. The Morgan fingerprint density at radius 2 is 1.85 bits per heavy atom. The maximum atomic E-state index is 6.33. The lowest BCUT2D eigenvalue weighted by Gasteiger charge is -2.04. The second kappa shape index (κ2) is 7.23. The molecule has 4 rings (SSSR count). The molecule has 2 aromatic carbocycles. The molecule has 2 heterocycles. The molecule has 0 aliphatic carbocycles. The number of thiazole rings is 1. The predicted molar refractivity (Wildman–Crippen MR) is 111 cm³/mol. The summed E-state index contributed by atoms with van der Waals surface area (Å²) in [5.74, 6) is 1.30. The SMILES string of the molecule is COc1ccc(-c2cnn(-c3nc(-c4ccc(Cl)cc4Cl)cs3)c2N)cc1. The van der Waals surface area contributed by atoms with E-state index in [9.17, 15) is 0 Å². The van der Waals surface area contributed by atoms with E-state index in [0.717, 1.165) is 28.1 Å². The summed E-state index contributed by atoms with van der Waals surface area (Å²) in [7, 11) is 1.63. The molecule has 27 heavy (non-hydrogen) atoms. The topological polar surface area (TPSA) is 66.0 Å². The van der Waals surface area contributed by atoms with Crippen LogP contribution in [0.2, 0.25) is 10.0 Å². The monoisotopic (exact) mass is 416 g/mol. The van der Waals surface area contributed by atoms with Gasteiger partial charge in [0, 0.05) is 21.5 Å². The third kappa shape index (κ3) is 3.39. The third-order valence-electron chi connectivity index (χ3n) is 4.09. The highest BCUT2D eigenvalue weighted by Gasteiger charge is 2.15. The fourth-order valence-electron chi connectivity index (χ4n) is 2.69. The van der Waals surface area contributed by atoms with Crippen LogP contribution >= 0.6 is 34.5 Å². The predicted octanol–water partition coefficient (Wildman–Crippen LogP) is 5.56. The molecule has 5 nitrogen and oxygen atoms in total. The molecule has 2 aromatic heterocycles. The third-order valence-corrected chi connectivity index (χ3v) is 5.45. The van der Waals surface area contributed by atoms with Crippen molar-refractivity contribution < 1.29 is 4.74 Å². The number of anilines is 1. The Morgan fingerprint density at radius 3 is 2.56 bits per heavy atom. The lowest BCUT2D eigenvalue weighted by molar-refractivity contribution is 0.415. The Morgan fingerprint density at radius 1 is 1.07 bits per heavy atom. The van der Waals surface area contributed by atoms with Gasteiger partial charge in [-0.05, 0) is 35.9 Å². The summed E-state index contributed by atoms with van der Waals surface area (Å²) in [6.07, 6.45) is 1.73. The first-order valence-corrected chi connectivity index (χ1v) is 9.59. The largest absolute Gasteiger partial charge is 0.497 e. The first-order chi connectivity index (χ1) is 13.1. The highest BCUT2D eigenvalue weighted by molar-refractivity contribution is 7.12. The molecule has 4 aromatic rings. The van der Waals surface area contributed by atoms with Crippen molar-refractivity contribution in [1.82, 2.24) is 14.8 Å². The van der Waals surface area contributed by atoms with E-state index >= 15 is 0 Å². The van der Waals surface area contributed by atoms with E-state index in [0.29, 0.717) is 21.0 Å². The van der Waals surface area contributed by atoms with Crippen molar-refractivity contribution in [1.29, 1.82) is 0 Å². The number of hydrogen-bond acceptors (Lipinski definition) is 5. The Balaban J connectivity index is 1.69. The van der Waals surface area contributed by atoms with E-state index in [1.807, 2.05) is 35.7 Å². The first kappa shape index (κ1) is 17.9. The van der Waals surface area contributed by atoms with E-state index in [2.05, 4.69) is 10.1 Å². The van der Waals surface area contributed by atoms with Crippen LogP contribution in [0.25, 0.3) is 27.5 Å². The van der Waals surface area contributed by atoms with Gasteiger partial charge in [-0.15, -0.1) is 11.3 Å². The Hall–Kier alpha value is -2.54. The van der Waals surface area contributed by atoms with E-state index in [1.165, 1.54) is 11.3 Å². The van der Waals surface area contributed by atoms with Gasteiger partial charge in [-0.2, -0.15) is 9.78 Å². The molecule has 0 atom stereocenters. The zero-order valence-corrected chi connectivity index (χ0v) is 16.5. The summed E-state index contributed by atoms with van der Waals surface area (Å²) in [6.45, 7) is 0. The molecule has 0 saturated carbocycles. The van der Waals surface area contributed by atoms with Gasteiger partial charge in [0.05, 0.1) is 24.0 Å². The standard InChI is InChI=1S/C19H14Cl2N4OS/c1-26-13-5-2-11(3-6-13)15-9-23-25(18(15)22)19-24-17(10-27-19)14-7-4-12(20)8-16(14)21/h2-10H,22H2,1H3. The minimum Gasteiger partial charge on any atom is -0.497 e. The minimum absolute atomic E-state index is 0.517. The van der Waals surface area contributed by atoms with E-state index in [-0.39, 0.29) is 0 Å². The second-order valence-electron chi connectivity index (χ2n) is 5.72. The normalized spacial score (nSPS) is 10.9. The first-order valence-electron chi connectivity index (χ1n) is 7.96. The maximum absolute atomic E-state index is 6.33. The van der Waals surface area contributed by atoms with Crippen LogP contribution in [0.15, 0.2) is 54.0 Å². The molecule has 0 radical (unpaired) electrons. The van der Waals surface area contributed by atoms with Gasteiger partial charge in [0.15, 0.2) is 0 Å². The van der Waals surface area contributed by atoms with Gasteiger partial charge in [-0.1, -0.05) is 35.3 Å². The van der Waals surface area contributed by atoms with Crippen molar-refractivity contribution >= 4 is 40.4 Å². The van der Waals surface area contributed by atoms with Crippen LogP contribution in [0.1, 0.15) is 0 Å². The highest BCUT2D eigenvalue weighted by atomic mass is 35.5. The number of benzene rings is 2. The molecule has 0 fully saturated rings. The number of nitrogen functional groups attached to an aromatic ring is 1. The quantitative estimate of drug-likeness (QED) is 0.472. The zero-order chi connectivity index (χ0) is 19.0. The Labute approximate surface area is 169 Å². The van der Waals surface area contributed by atoms with Crippen molar-refractivity contribution in [2.45, 2.75) is 0 Å². The van der Waals surface area contributed by atoms with Crippen molar-refractivity contribution in [3.05, 3.63) is 64.1 Å². The average molecular weight is 417 g/mol. The summed E-state index contributed by atoms with van der Waals surface area (Å²) in [5.41, 5.74) is 9.67. The minimum atomic E-state index is 0.517. The van der Waals surface area contributed by atoms with Crippen molar-refractivity contribution in [3.8, 4) is 33.3 Å². The van der Waals surface area contributed by atoms with Crippen LogP contribution in [-0.2, 0) is 0 Å². The maximum Gasteiger partial charge on any atom is 0.212 e. The van der Waals surface area contributed by atoms with Gasteiger partial charge in [0.2, 0.25) is 5.13 Å². The second-order valence-corrected chi connectivity index (χ2v) is 7.40. The van der Waals surface area contributed by atoms with Gasteiger partial charge in [-0.3, -0.25) is 0 Å². The number of aromatic nitrogens is 3. The van der Waals surface area contributed by atoms with Crippen molar-refractivity contribution in [2.24, 2.45) is 0 Å². The fraction of sp³-hybridized carbons (Fsp3) is 0.0526. The van der Waals surface area contributed by atoms with Crippen LogP contribution in [-0.4, -0.2) is 21.9 Å². The Kier molecular flexibility index (Phi) is 4.78. The number of nitrogens with two attached hydrogens (primary N) is 1. The van der Waals surface area contributed by atoms with Crippen LogP contribution < -0.4 is 10.5 Å². The van der Waals surface area contributed by atoms with Crippen LogP contribution in [0.4, 0.5) is 5.82 Å². The average Bonchev–Trinajstić information content (AvgIpc) is 3.28. The zero-order valence-electron chi connectivity index (χ0n) is 14.2. The molecular weight excluding hydrogens is 403 g/mol. The molecule has 2 N–H and O–H groups in total. The van der Waals surface area contributed by atoms with E-state index < -0.39 is 0 Å². The summed E-state index contributed by atoms with van der Waals surface area (Å²) in [4.78, 5) is 4.63. The molecule has 136 valence electrons. The van der Waals surface area contributed by atoms with Crippen LogP contribution in [0.5, 0.6) is 5.75 Å². The smallest absolute Gasteiger partial charge is 0.212 e. The number of halogens is 2. The molecule has 0 bridgehead atoms. The summed E-state index contributed by atoms with van der Waals surface area (Å²) >= 11 is 13.7. The highest BCUT2D eigenvalue weighted by Crippen LogP contribution is 2.34. The molecule has 0 spiro atoms. The van der Waals surface area contributed by atoms with Gasteiger partial charge in [-0.25, -0.2) is 4.98 Å². The van der Waals surface area contributed by atoms with Crippen molar-refractivity contribution in [2.75, 3.05) is 12.8 Å². The molecular formula is C19H14Cl2N4OS. The molecule has 0 aliphatic heterocycles. The van der Waals surface area contributed by atoms with Gasteiger partial charge in [0.25, 0.3) is 0 Å². The molecule has 8 heteroatoms. The molecule has 0 amide bonds. The Bertz CT molecular complexity index is 1110. The lowest BCUT2D eigenvalue weighted by atomic mass is 10.1. The number of rotatable bonds is 4. The van der Waals surface area contributed by atoms with Crippen LogP contribution in [0.3, 0.4) is 0 Å². The summed E-state index contributed by atoms with van der Waals surface area (Å²) in [5, 5.41) is 8.11. The van der Waals surface area contributed by atoms with Crippen molar-refractivity contribution in [3.63, 3.8) is 0 Å². The number of ether oxygens (including phenoxy) is 1. The number of methoxy groups -OCH3 is 1. The van der Waals surface area contributed by atoms with E-state index in [1.54, 1.807) is 30.1 Å². The molecule has 0 saturated heterocycles. The van der Waals surface area contributed by atoms with Crippen LogP contribution in [0, 0.1) is 0 Å². The number of nitrogens with zero attached hydrogens (tertiary/aromatic N) is 3. The molecule has 0 unspecified atom stereocenters. The van der Waals surface area contributed by atoms with E-state index in [4.69, 9.17) is 33.7 Å². The van der Waals surface area contributed by atoms with Gasteiger partial charge >= 0.3 is 0 Å². The summed E-state index contributed by atoms with van der Waals surface area (Å²) < 4.78 is 6.81. The van der Waals surface area contributed by atoms with Gasteiger partial charge < -0.3 is 10.5 Å². The molecule has 0 aliphatic rings.